The zero-order chi connectivity index (χ0) is 15.8. The van der Waals surface area contributed by atoms with Crippen molar-refractivity contribution in [3.8, 4) is 11.3 Å². The number of aromatic nitrogens is 3. The summed E-state index contributed by atoms with van der Waals surface area (Å²) in [6.07, 6.45) is 8.44. The standard InChI is InChI=1S/C18H19ClN4/c1-12-5-4-8-16-22-17(14-9-10-20-11-15(14)19)18(23(12)16)21-13-6-2-3-7-13/h4-5,8-11,13,21H,2-3,6-7H2,1H3. The second kappa shape index (κ2) is 5.85. The lowest BCUT2D eigenvalue weighted by atomic mass is 10.2. The van der Waals surface area contributed by atoms with E-state index >= 15 is 0 Å². The number of nitrogens with one attached hydrogen (secondary N) is 1. The minimum absolute atomic E-state index is 0.508. The van der Waals surface area contributed by atoms with Crippen molar-refractivity contribution in [1.82, 2.24) is 14.4 Å². The van der Waals surface area contributed by atoms with Gasteiger partial charge in [0.1, 0.15) is 17.2 Å². The van der Waals surface area contributed by atoms with E-state index in [2.05, 4.69) is 27.7 Å². The Morgan fingerprint density at radius 3 is 2.83 bits per heavy atom. The number of hydrogen-bond acceptors (Lipinski definition) is 3. The van der Waals surface area contributed by atoms with Crippen LogP contribution in [0, 0.1) is 6.92 Å². The fraction of sp³-hybridized carbons (Fsp3) is 0.333. The smallest absolute Gasteiger partial charge is 0.139 e. The molecule has 1 aliphatic carbocycles. The third kappa shape index (κ3) is 2.57. The van der Waals surface area contributed by atoms with Gasteiger partial charge in [-0.05, 0) is 38.0 Å². The van der Waals surface area contributed by atoms with E-state index in [1.165, 1.54) is 25.7 Å². The maximum Gasteiger partial charge on any atom is 0.139 e. The van der Waals surface area contributed by atoms with E-state index in [4.69, 9.17) is 16.6 Å². The molecule has 1 fully saturated rings. The molecule has 0 bridgehead atoms. The van der Waals surface area contributed by atoms with Gasteiger partial charge in [-0.25, -0.2) is 4.98 Å². The average Bonchev–Trinajstić information content (AvgIpc) is 3.17. The largest absolute Gasteiger partial charge is 0.367 e. The lowest BCUT2D eigenvalue weighted by Gasteiger charge is -2.16. The normalized spacial score (nSPS) is 15.4. The Bertz CT molecular complexity index is 849. The van der Waals surface area contributed by atoms with E-state index in [-0.39, 0.29) is 0 Å². The Hall–Kier alpha value is -2.07. The summed E-state index contributed by atoms with van der Waals surface area (Å²) in [5.74, 6) is 1.04. The van der Waals surface area contributed by atoms with Crippen LogP contribution >= 0.6 is 11.6 Å². The first-order chi connectivity index (χ1) is 11.2. The summed E-state index contributed by atoms with van der Waals surface area (Å²) in [5.41, 5.74) is 3.92. The quantitative estimate of drug-likeness (QED) is 0.757. The van der Waals surface area contributed by atoms with Gasteiger partial charge in [0.05, 0.1) is 5.02 Å². The van der Waals surface area contributed by atoms with Gasteiger partial charge in [0.15, 0.2) is 0 Å². The van der Waals surface area contributed by atoms with Crippen molar-refractivity contribution in [3.63, 3.8) is 0 Å². The number of fused-ring (bicyclic) bond motifs is 1. The highest BCUT2D eigenvalue weighted by Gasteiger charge is 2.22. The molecule has 3 aromatic rings. The van der Waals surface area contributed by atoms with E-state index < -0.39 is 0 Å². The van der Waals surface area contributed by atoms with Crippen molar-refractivity contribution in [2.24, 2.45) is 0 Å². The first-order valence-electron chi connectivity index (χ1n) is 8.08. The molecule has 0 spiro atoms. The molecule has 0 atom stereocenters. The molecule has 1 N–H and O–H groups in total. The van der Waals surface area contributed by atoms with Crippen LogP contribution in [0.5, 0.6) is 0 Å². The van der Waals surface area contributed by atoms with Gasteiger partial charge in [-0.2, -0.15) is 0 Å². The molecule has 3 heterocycles. The number of halogens is 1. The lowest BCUT2D eigenvalue weighted by Crippen LogP contribution is -2.17. The molecular formula is C18H19ClN4. The number of hydrogen-bond donors (Lipinski definition) is 1. The van der Waals surface area contributed by atoms with Crippen LogP contribution in [0.4, 0.5) is 5.82 Å². The van der Waals surface area contributed by atoms with Crippen molar-refractivity contribution in [2.75, 3.05) is 5.32 Å². The van der Waals surface area contributed by atoms with Gasteiger partial charge in [0, 0.05) is 29.7 Å². The SMILES string of the molecule is Cc1cccc2nc(-c3ccncc3Cl)c(NC3CCCC3)n12. The molecule has 1 aliphatic rings. The van der Waals surface area contributed by atoms with Crippen molar-refractivity contribution in [1.29, 1.82) is 0 Å². The third-order valence-electron chi connectivity index (χ3n) is 4.56. The van der Waals surface area contributed by atoms with Crippen molar-refractivity contribution in [3.05, 3.63) is 47.4 Å². The summed E-state index contributed by atoms with van der Waals surface area (Å²) in [7, 11) is 0. The van der Waals surface area contributed by atoms with Gasteiger partial charge >= 0.3 is 0 Å². The highest BCUT2D eigenvalue weighted by molar-refractivity contribution is 6.33. The Labute approximate surface area is 140 Å². The minimum atomic E-state index is 0.508. The molecule has 5 heteroatoms. The highest BCUT2D eigenvalue weighted by atomic mass is 35.5. The molecule has 0 unspecified atom stereocenters. The Kier molecular flexibility index (Phi) is 3.69. The van der Waals surface area contributed by atoms with Crippen LogP contribution in [0.3, 0.4) is 0 Å². The van der Waals surface area contributed by atoms with Crippen LogP contribution < -0.4 is 5.32 Å². The lowest BCUT2D eigenvalue weighted by molar-refractivity contribution is 0.748. The van der Waals surface area contributed by atoms with Crippen LogP contribution in [-0.4, -0.2) is 20.4 Å². The third-order valence-corrected chi connectivity index (χ3v) is 4.86. The minimum Gasteiger partial charge on any atom is -0.367 e. The van der Waals surface area contributed by atoms with Crippen LogP contribution in [0.25, 0.3) is 16.9 Å². The monoisotopic (exact) mass is 326 g/mol. The molecule has 0 amide bonds. The molecule has 4 nitrogen and oxygen atoms in total. The van der Waals surface area contributed by atoms with Crippen LogP contribution in [0.1, 0.15) is 31.4 Å². The van der Waals surface area contributed by atoms with E-state index in [0.717, 1.165) is 28.4 Å². The summed E-state index contributed by atoms with van der Waals surface area (Å²) in [6, 6.07) is 8.61. The van der Waals surface area contributed by atoms with Crippen molar-refractivity contribution >= 4 is 23.1 Å². The van der Waals surface area contributed by atoms with Gasteiger partial charge in [-0.1, -0.05) is 30.5 Å². The number of pyridine rings is 2. The highest BCUT2D eigenvalue weighted by Crippen LogP contribution is 2.35. The number of aryl methyl sites for hydroxylation is 1. The van der Waals surface area contributed by atoms with Crippen LogP contribution in [0.15, 0.2) is 36.7 Å². The summed E-state index contributed by atoms with van der Waals surface area (Å²) in [5, 5.41) is 4.35. The Morgan fingerprint density at radius 2 is 2.04 bits per heavy atom. The summed E-state index contributed by atoms with van der Waals surface area (Å²) in [4.78, 5) is 8.92. The van der Waals surface area contributed by atoms with E-state index in [9.17, 15) is 0 Å². The van der Waals surface area contributed by atoms with E-state index in [0.29, 0.717) is 11.1 Å². The second-order valence-corrected chi connectivity index (χ2v) is 6.56. The Balaban J connectivity index is 1.92. The second-order valence-electron chi connectivity index (χ2n) is 6.15. The van der Waals surface area contributed by atoms with E-state index in [1.807, 2.05) is 18.2 Å². The van der Waals surface area contributed by atoms with Gasteiger partial charge in [0.2, 0.25) is 0 Å². The number of imidazole rings is 1. The number of rotatable bonds is 3. The van der Waals surface area contributed by atoms with Crippen LogP contribution in [-0.2, 0) is 0 Å². The first kappa shape index (κ1) is 14.5. The first-order valence-corrected chi connectivity index (χ1v) is 8.46. The van der Waals surface area contributed by atoms with Crippen molar-refractivity contribution < 1.29 is 0 Å². The number of anilines is 1. The fourth-order valence-corrected chi connectivity index (χ4v) is 3.62. The maximum atomic E-state index is 6.38. The van der Waals surface area contributed by atoms with Gasteiger partial charge in [0.25, 0.3) is 0 Å². The number of nitrogens with zero attached hydrogens (tertiary/aromatic N) is 3. The molecule has 118 valence electrons. The van der Waals surface area contributed by atoms with Gasteiger partial charge in [-0.3, -0.25) is 9.38 Å². The molecule has 0 radical (unpaired) electrons. The van der Waals surface area contributed by atoms with Gasteiger partial charge in [-0.15, -0.1) is 0 Å². The topological polar surface area (TPSA) is 42.2 Å². The average molecular weight is 327 g/mol. The van der Waals surface area contributed by atoms with Crippen molar-refractivity contribution in [2.45, 2.75) is 38.6 Å². The molecule has 3 aromatic heterocycles. The summed E-state index contributed by atoms with van der Waals surface area (Å²) >= 11 is 6.38. The molecule has 1 saturated carbocycles. The predicted octanol–water partition coefficient (Wildman–Crippen LogP) is 4.71. The zero-order valence-corrected chi connectivity index (χ0v) is 13.8. The molecule has 0 saturated heterocycles. The zero-order valence-electron chi connectivity index (χ0n) is 13.1. The van der Waals surface area contributed by atoms with Crippen LogP contribution in [0.2, 0.25) is 5.02 Å². The fourth-order valence-electron chi connectivity index (χ4n) is 3.41. The molecule has 0 aromatic carbocycles. The summed E-state index contributed by atoms with van der Waals surface area (Å²) in [6.45, 7) is 2.10. The molecule has 23 heavy (non-hydrogen) atoms. The van der Waals surface area contributed by atoms with Gasteiger partial charge < -0.3 is 5.32 Å². The molecular weight excluding hydrogens is 308 g/mol. The Morgan fingerprint density at radius 1 is 1.22 bits per heavy atom. The summed E-state index contributed by atoms with van der Waals surface area (Å²) < 4.78 is 2.18. The predicted molar refractivity (Wildman–Crippen MR) is 94.0 cm³/mol. The maximum absolute atomic E-state index is 6.38. The van der Waals surface area contributed by atoms with E-state index in [1.54, 1.807) is 12.4 Å². The molecule has 4 rings (SSSR count). The molecule has 0 aliphatic heterocycles.